The quantitative estimate of drug-likeness (QED) is 0.162. The number of fused-ring (bicyclic) bond motifs is 1. The average Bonchev–Trinajstić information content (AvgIpc) is 3.27. The minimum atomic E-state index is -1.06. The van der Waals surface area contributed by atoms with Crippen molar-refractivity contribution >= 4 is 35.6 Å². The van der Waals surface area contributed by atoms with Gasteiger partial charge in [0, 0.05) is 13.1 Å². The number of ether oxygens (including phenoxy) is 2. The number of alkyl carbamates (subject to hydrolysis) is 1. The number of amides is 4. The predicted octanol–water partition coefficient (Wildman–Crippen LogP) is 3.67. The fourth-order valence-corrected chi connectivity index (χ4v) is 7.16. The van der Waals surface area contributed by atoms with E-state index in [1.54, 1.807) is 41.5 Å². The van der Waals surface area contributed by atoms with Crippen LogP contribution in [-0.4, -0.2) is 82.9 Å². The van der Waals surface area contributed by atoms with Crippen molar-refractivity contribution in [2.75, 3.05) is 13.1 Å². The highest BCUT2D eigenvalue weighted by Gasteiger charge is 2.69. The van der Waals surface area contributed by atoms with Crippen LogP contribution in [0.4, 0.5) is 4.79 Å². The zero-order chi connectivity index (χ0) is 35.5. The molecule has 1 heterocycles. The molecule has 3 aliphatic rings. The number of Topliss-reactive ketones (excluding diaryl/α,β-unsaturated/α-hetero) is 1. The molecule has 47 heavy (non-hydrogen) atoms. The molecule has 3 N–H and O–H groups in total. The highest BCUT2D eigenvalue weighted by Crippen LogP contribution is 2.65. The van der Waals surface area contributed by atoms with E-state index in [9.17, 15) is 28.8 Å². The molecule has 0 bridgehead atoms. The first-order chi connectivity index (χ1) is 21.7. The average molecular weight is 661 g/mol. The largest absolute Gasteiger partial charge is 0.460 e. The van der Waals surface area contributed by atoms with Crippen molar-refractivity contribution in [2.24, 2.45) is 29.1 Å². The lowest BCUT2D eigenvalue weighted by Crippen LogP contribution is -2.60. The molecule has 12 nitrogen and oxygen atoms in total. The second-order valence-electron chi connectivity index (χ2n) is 15.9. The standard InChI is InChI=1S/C35H56N4O8/c1-11-14-23(27(40)29(42)36-17-12-2)37-28(41)26-24-22(35(24,9)10)19-39(26)30(43)25(38-32(45)47-34(6,7)8)20-15-13-16-21(18-20)31(44)46-33(3,4)5/h12,20-26H,2,11,13-19H2,1,3-10H3,(H,36,42)(H,37,41)(H,38,45)/t20?,21?,22-,23?,24-,25+,26-/m0/s1. The molecule has 264 valence electrons. The summed E-state index contributed by atoms with van der Waals surface area (Å²) in [5, 5.41) is 8.06. The maximum atomic E-state index is 14.5. The Morgan fingerprint density at radius 3 is 2.19 bits per heavy atom. The third-order valence-electron chi connectivity index (χ3n) is 9.47. The maximum Gasteiger partial charge on any atom is 0.408 e. The van der Waals surface area contributed by atoms with E-state index in [0.29, 0.717) is 38.6 Å². The smallest absolute Gasteiger partial charge is 0.408 e. The molecule has 3 unspecified atom stereocenters. The second-order valence-corrected chi connectivity index (χ2v) is 15.9. The molecule has 4 amide bonds. The Bertz CT molecular complexity index is 1230. The van der Waals surface area contributed by atoms with Gasteiger partial charge in [-0.05, 0) is 90.4 Å². The van der Waals surface area contributed by atoms with Crippen molar-refractivity contribution < 1.29 is 38.2 Å². The number of ketones is 1. The van der Waals surface area contributed by atoms with Gasteiger partial charge in [-0.2, -0.15) is 0 Å². The van der Waals surface area contributed by atoms with Crippen LogP contribution in [0.2, 0.25) is 0 Å². The molecule has 3 fully saturated rings. The molecular weight excluding hydrogens is 604 g/mol. The van der Waals surface area contributed by atoms with Crippen LogP contribution < -0.4 is 16.0 Å². The highest BCUT2D eigenvalue weighted by molar-refractivity contribution is 6.38. The van der Waals surface area contributed by atoms with E-state index in [4.69, 9.17) is 9.47 Å². The van der Waals surface area contributed by atoms with E-state index in [0.717, 1.165) is 0 Å². The molecule has 7 atom stereocenters. The van der Waals surface area contributed by atoms with Crippen molar-refractivity contribution in [2.45, 2.75) is 130 Å². The molecule has 2 saturated carbocycles. The van der Waals surface area contributed by atoms with Gasteiger partial charge < -0.3 is 30.3 Å². The van der Waals surface area contributed by atoms with Crippen LogP contribution in [0.15, 0.2) is 12.7 Å². The Balaban J connectivity index is 1.90. The van der Waals surface area contributed by atoms with E-state index in [1.807, 2.05) is 20.8 Å². The molecule has 1 aliphatic heterocycles. The number of nitrogens with one attached hydrogen (secondary N) is 3. The summed E-state index contributed by atoms with van der Waals surface area (Å²) in [5.74, 6) is -3.82. The fourth-order valence-electron chi connectivity index (χ4n) is 7.16. The maximum absolute atomic E-state index is 14.5. The van der Waals surface area contributed by atoms with Gasteiger partial charge >= 0.3 is 12.1 Å². The normalized spacial score (nSPS) is 26.1. The Hall–Kier alpha value is -3.44. The first-order valence-electron chi connectivity index (χ1n) is 17.0. The summed E-state index contributed by atoms with van der Waals surface area (Å²) in [7, 11) is 0. The highest BCUT2D eigenvalue weighted by atomic mass is 16.6. The summed E-state index contributed by atoms with van der Waals surface area (Å²) in [4.78, 5) is 81.7. The summed E-state index contributed by atoms with van der Waals surface area (Å²) >= 11 is 0. The first kappa shape index (κ1) is 38.0. The first-order valence-corrected chi connectivity index (χ1v) is 17.0. The van der Waals surface area contributed by atoms with Crippen molar-refractivity contribution in [3.63, 3.8) is 0 Å². The van der Waals surface area contributed by atoms with Crippen LogP contribution in [0.3, 0.4) is 0 Å². The summed E-state index contributed by atoms with van der Waals surface area (Å²) in [5.41, 5.74) is -1.70. The van der Waals surface area contributed by atoms with Crippen molar-refractivity contribution in [1.82, 2.24) is 20.9 Å². The number of esters is 1. The van der Waals surface area contributed by atoms with Gasteiger partial charge in [-0.1, -0.05) is 39.7 Å². The van der Waals surface area contributed by atoms with Gasteiger partial charge in [0.25, 0.3) is 5.91 Å². The van der Waals surface area contributed by atoms with Crippen LogP contribution in [0.25, 0.3) is 0 Å². The number of hydrogen-bond donors (Lipinski definition) is 3. The molecule has 0 aromatic heterocycles. The number of carbonyl (C=O) groups is 6. The van der Waals surface area contributed by atoms with Crippen LogP contribution in [0, 0.1) is 29.1 Å². The minimum absolute atomic E-state index is 0.0430. The molecule has 0 aromatic carbocycles. The number of piperidine rings is 1. The molecule has 3 rings (SSSR count). The van der Waals surface area contributed by atoms with Gasteiger partial charge in [0.15, 0.2) is 0 Å². The van der Waals surface area contributed by atoms with E-state index in [-0.39, 0.29) is 36.2 Å². The van der Waals surface area contributed by atoms with E-state index in [1.165, 1.54) is 11.0 Å². The van der Waals surface area contributed by atoms with Gasteiger partial charge in [-0.25, -0.2) is 4.79 Å². The topological polar surface area (TPSA) is 160 Å². The summed E-state index contributed by atoms with van der Waals surface area (Å²) in [6.45, 7) is 20.5. The zero-order valence-corrected chi connectivity index (χ0v) is 29.7. The van der Waals surface area contributed by atoms with E-state index >= 15 is 0 Å². The number of carbonyl (C=O) groups excluding carboxylic acids is 6. The van der Waals surface area contributed by atoms with Gasteiger partial charge in [-0.3, -0.25) is 24.0 Å². The third-order valence-corrected chi connectivity index (χ3v) is 9.47. The van der Waals surface area contributed by atoms with E-state index in [2.05, 4.69) is 22.5 Å². The molecule has 1 saturated heterocycles. The van der Waals surface area contributed by atoms with Gasteiger partial charge in [0.05, 0.1) is 12.0 Å². The molecule has 2 aliphatic carbocycles. The van der Waals surface area contributed by atoms with Crippen LogP contribution >= 0.6 is 0 Å². The molecule has 0 spiro atoms. The lowest BCUT2D eigenvalue weighted by Gasteiger charge is -2.38. The van der Waals surface area contributed by atoms with E-state index < -0.39 is 70.8 Å². The third kappa shape index (κ3) is 9.56. The Kier molecular flexibility index (Phi) is 11.9. The Labute approximate surface area is 279 Å². The molecule has 0 aromatic rings. The lowest BCUT2D eigenvalue weighted by molar-refractivity contribution is -0.162. The predicted molar refractivity (Wildman–Crippen MR) is 176 cm³/mol. The molecular formula is C35H56N4O8. The summed E-state index contributed by atoms with van der Waals surface area (Å²) in [6.07, 6.45) is 3.67. The van der Waals surface area contributed by atoms with Crippen LogP contribution in [0.5, 0.6) is 0 Å². The number of likely N-dealkylation sites (tertiary alicyclic amines) is 1. The SMILES string of the molecule is C=CCNC(=O)C(=O)C(CCC)NC(=O)[C@@H]1[C@@H]2[C@H](CN1C(=O)[C@H](NC(=O)OC(C)(C)C)C1CCCC(C(=O)OC(C)(C)C)C1)C2(C)C. The minimum Gasteiger partial charge on any atom is -0.460 e. The van der Waals surface area contributed by atoms with Gasteiger partial charge in [0.2, 0.25) is 17.6 Å². The lowest BCUT2D eigenvalue weighted by atomic mass is 9.77. The number of hydrogen-bond acceptors (Lipinski definition) is 8. The summed E-state index contributed by atoms with van der Waals surface area (Å²) < 4.78 is 11.2. The summed E-state index contributed by atoms with van der Waals surface area (Å²) in [6, 6.07) is -3.01. The Morgan fingerprint density at radius 2 is 1.62 bits per heavy atom. The zero-order valence-electron chi connectivity index (χ0n) is 29.7. The van der Waals surface area contributed by atoms with Gasteiger partial charge in [-0.15, -0.1) is 6.58 Å². The fraction of sp³-hybridized carbons (Fsp3) is 0.771. The number of nitrogens with zero attached hydrogens (tertiary/aromatic N) is 1. The van der Waals surface area contributed by atoms with Gasteiger partial charge in [0.1, 0.15) is 23.3 Å². The van der Waals surface area contributed by atoms with Crippen molar-refractivity contribution in [1.29, 1.82) is 0 Å². The second kappa shape index (κ2) is 14.8. The Morgan fingerprint density at radius 1 is 0.979 bits per heavy atom. The monoisotopic (exact) mass is 660 g/mol. The van der Waals surface area contributed by atoms with Crippen LogP contribution in [-0.2, 0) is 33.4 Å². The van der Waals surface area contributed by atoms with Crippen LogP contribution in [0.1, 0.15) is 101 Å². The van der Waals surface area contributed by atoms with Crippen molar-refractivity contribution in [3.05, 3.63) is 12.7 Å². The van der Waals surface area contributed by atoms with Crippen molar-refractivity contribution in [3.8, 4) is 0 Å². The molecule has 12 heteroatoms. The number of rotatable bonds is 12. The molecule has 0 radical (unpaired) electrons.